The van der Waals surface area contributed by atoms with Crippen LogP contribution in [0, 0.1) is 12.8 Å². The van der Waals surface area contributed by atoms with Gasteiger partial charge in [0.1, 0.15) is 5.82 Å². The monoisotopic (exact) mass is 233 g/mol. The Bertz CT molecular complexity index is 372. The van der Waals surface area contributed by atoms with Crippen LogP contribution >= 0.6 is 0 Å². The second kappa shape index (κ2) is 5.50. The summed E-state index contributed by atoms with van der Waals surface area (Å²) in [6.07, 6.45) is 4.78. The zero-order chi connectivity index (χ0) is 12.3. The van der Waals surface area contributed by atoms with Gasteiger partial charge in [-0.05, 0) is 49.4 Å². The zero-order valence-corrected chi connectivity index (χ0v) is 11.2. The molecular weight excluding hydrogens is 210 g/mol. The van der Waals surface area contributed by atoms with Crippen LogP contribution in [0.25, 0.3) is 0 Å². The SMILES string of the molecule is CCNCc1cnc(N(C)CC2CC2)c(C)c1. The molecule has 0 saturated heterocycles. The quantitative estimate of drug-likeness (QED) is 0.817. The summed E-state index contributed by atoms with van der Waals surface area (Å²) >= 11 is 0. The summed E-state index contributed by atoms with van der Waals surface area (Å²) in [5, 5.41) is 3.33. The van der Waals surface area contributed by atoms with Crippen molar-refractivity contribution in [3.63, 3.8) is 0 Å². The van der Waals surface area contributed by atoms with Crippen LogP contribution in [0.15, 0.2) is 12.3 Å². The fraction of sp³-hybridized carbons (Fsp3) is 0.643. The third-order valence-electron chi connectivity index (χ3n) is 3.28. The van der Waals surface area contributed by atoms with Crippen LogP contribution in [0.3, 0.4) is 0 Å². The minimum absolute atomic E-state index is 0.905. The van der Waals surface area contributed by atoms with Crippen molar-refractivity contribution in [1.29, 1.82) is 0 Å². The lowest BCUT2D eigenvalue weighted by Crippen LogP contribution is -2.22. The first-order valence-corrected chi connectivity index (χ1v) is 6.58. The molecule has 0 amide bonds. The Labute approximate surface area is 104 Å². The maximum atomic E-state index is 4.60. The molecule has 3 nitrogen and oxygen atoms in total. The fourth-order valence-electron chi connectivity index (χ4n) is 2.17. The largest absolute Gasteiger partial charge is 0.359 e. The van der Waals surface area contributed by atoms with Gasteiger partial charge in [0.2, 0.25) is 0 Å². The highest BCUT2D eigenvalue weighted by molar-refractivity contribution is 5.46. The molecule has 0 radical (unpaired) electrons. The fourth-order valence-corrected chi connectivity index (χ4v) is 2.17. The van der Waals surface area contributed by atoms with Gasteiger partial charge < -0.3 is 10.2 Å². The molecule has 94 valence electrons. The molecule has 2 rings (SSSR count). The Kier molecular flexibility index (Phi) is 4.00. The number of aromatic nitrogens is 1. The van der Waals surface area contributed by atoms with Crippen LogP contribution in [0.1, 0.15) is 30.9 Å². The van der Waals surface area contributed by atoms with Crippen molar-refractivity contribution >= 4 is 5.82 Å². The zero-order valence-electron chi connectivity index (χ0n) is 11.2. The third kappa shape index (κ3) is 3.43. The number of anilines is 1. The molecular formula is C14H23N3. The lowest BCUT2D eigenvalue weighted by molar-refractivity contribution is 0.721. The van der Waals surface area contributed by atoms with Crippen molar-refractivity contribution in [1.82, 2.24) is 10.3 Å². The summed E-state index contributed by atoms with van der Waals surface area (Å²) in [7, 11) is 2.15. The second-order valence-electron chi connectivity index (χ2n) is 5.09. The van der Waals surface area contributed by atoms with E-state index in [-0.39, 0.29) is 0 Å². The Balaban J connectivity index is 2.01. The number of pyridine rings is 1. The highest BCUT2D eigenvalue weighted by Crippen LogP contribution is 2.31. The summed E-state index contributed by atoms with van der Waals surface area (Å²) < 4.78 is 0. The molecule has 0 bridgehead atoms. The van der Waals surface area contributed by atoms with Crippen LogP contribution in [0.2, 0.25) is 0 Å². The van der Waals surface area contributed by atoms with E-state index in [9.17, 15) is 0 Å². The van der Waals surface area contributed by atoms with Crippen molar-refractivity contribution < 1.29 is 0 Å². The van der Waals surface area contributed by atoms with E-state index in [1.807, 2.05) is 6.20 Å². The van der Waals surface area contributed by atoms with E-state index in [1.165, 1.54) is 24.0 Å². The number of hydrogen-bond donors (Lipinski definition) is 1. The third-order valence-corrected chi connectivity index (χ3v) is 3.28. The smallest absolute Gasteiger partial charge is 0.131 e. The second-order valence-corrected chi connectivity index (χ2v) is 5.09. The summed E-state index contributed by atoms with van der Waals surface area (Å²) in [4.78, 5) is 6.89. The van der Waals surface area contributed by atoms with E-state index in [1.54, 1.807) is 0 Å². The van der Waals surface area contributed by atoms with Gasteiger partial charge in [0.15, 0.2) is 0 Å². The Morgan fingerprint density at radius 3 is 2.82 bits per heavy atom. The van der Waals surface area contributed by atoms with Crippen LogP contribution in [-0.4, -0.2) is 25.1 Å². The maximum absolute atomic E-state index is 4.60. The van der Waals surface area contributed by atoms with Gasteiger partial charge in [-0.25, -0.2) is 4.98 Å². The number of aryl methyl sites for hydroxylation is 1. The molecule has 3 heteroatoms. The molecule has 1 heterocycles. The molecule has 1 aromatic heterocycles. The first kappa shape index (κ1) is 12.4. The van der Waals surface area contributed by atoms with E-state index in [0.29, 0.717) is 0 Å². The van der Waals surface area contributed by atoms with E-state index >= 15 is 0 Å². The van der Waals surface area contributed by atoms with Crippen LogP contribution in [0.5, 0.6) is 0 Å². The minimum atomic E-state index is 0.905. The first-order chi connectivity index (χ1) is 8.20. The van der Waals surface area contributed by atoms with Crippen LogP contribution in [-0.2, 0) is 6.54 Å². The van der Waals surface area contributed by atoms with Crippen molar-refractivity contribution in [2.45, 2.75) is 33.2 Å². The van der Waals surface area contributed by atoms with Gasteiger partial charge in [-0.3, -0.25) is 0 Å². The Morgan fingerprint density at radius 2 is 2.24 bits per heavy atom. The van der Waals surface area contributed by atoms with E-state index in [0.717, 1.165) is 31.4 Å². The molecule has 0 atom stereocenters. The lowest BCUT2D eigenvalue weighted by Gasteiger charge is -2.20. The average Bonchev–Trinajstić information content (AvgIpc) is 3.10. The molecule has 1 aliphatic carbocycles. The van der Waals surface area contributed by atoms with Gasteiger partial charge >= 0.3 is 0 Å². The predicted octanol–water partition coefficient (Wildman–Crippen LogP) is 2.35. The number of rotatable bonds is 6. The first-order valence-electron chi connectivity index (χ1n) is 6.58. The van der Waals surface area contributed by atoms with Crippen LogP contribution in [0.4, 0.5) is 5.82 Å². The van der Waals surface area contributed by atoms with Gasteiger partial charge in [-0.1, -0.05) is 6.92 Å². The molecule has 0 aliphatic heterocycles. The molecule has 1 aliphatic rings. The lowest BCUT2D eigenvalue weighted by atomic mass is 10.2. The van der Waals surface area contributed by atoms with Gasteiger partial charge in [0, 0.05) is 26.3 Å². The van der Waals surface area contributed by atoms with Gasteiger partial charge in [0.25, 0.3) is 0 Å². The highest BCUT2D eigenvalue weighted by Gasteiger charge is 2.23. The molecule has 1 N–H and O–H groups in total. The van der Waals surface area contributed by atoms with Crippen molar-refractivity contribution in [3.05, 3.63) is 23.4 Å². The van der Waals surface area contributed by atoms with Gasteiger partial charge in [-0.2, -0.15) is 0 Å². The van der Waals surface area contributed by atoms with Crippen molar-refractivity contribution in [2.75, 3.05) is 25.0 Å². The molecule has 1 fully saturated rings. The summed E-state index contributed by atoms with van der Waals surface area (Å²) in [5.41, 5.74) is 2.55. The van der Waals surface area contributed by atoms with E-state index in [4.69, 9.17) is 0 Å². The summed E-state index contributed by atoms with van der Waals surface area (Å²) in [5.74, 6) is 2.04. The normalized spacial score (nSPS) is 15.0. The predicted molar refractivity (Wildman–Crippen MR) is 72.3 cm³/mol. The number of hydrogen-bond acceptors (Lipinski definition) is 3. The Morgan fingerprint density at radius 1 is 1.47 bits per heavy atom. The molecule has 1 aromatic rings. The van der Waals surface area contributed by atoms with E-state index in [2.05, 4.69) is 42.2 Å². The van der Waals surface area contributed by atoms with Crippen LogP contribution < -0.4 is 10.2 Å². The average molecular weight is 233 g/mol. The molecule has 0 unspecified atom stereocenters. The molecule has 0 aromatic carbocycles. The number of nitrogens with zero attached hydrogens (tertiary/aromatic N) is 2. The van der Waals surface area contributed by atoms with Gasteiger partial charge in [0.05, 0.1) is 0 Å². The van der Waals surface area contributed by atoms with Crippen molar-refractivity contribution in [3.8, 4) is 0 Å². The Hall–Kier alpha value is -1.09. The highest BCUT2D eigenvalue weighted by atomic mass is 15.2. The number of nitrogens with one attached hydrogen (secondary N) is 1. The topological polar surface area (TPSA) is 28.2 Å². The molecule has 1 saturated carbocycles. The standard InChI is InChI=1S/C14H23N3/c1-4-15-8-13-7-11(2)14(16-9-13)17(3)10-12-5-6-12/h7,9,12,15H,4-6,8,10H2,1-3H3. The molecule has 17 heavy (non-hydrogen) atoms. The molecule has 0 spiro atoms. The summed E-state index contributed by atoms with van der Waals surface area (Å²) in [6, 6.07) is 2.24. The van der Waals surface area contributed by atoms with Crippen molar-refractivity contribution in [2.24, 2.45) is 5.92 Å². The minimum Gasteiger partial charge on any atom is -0.359 e. The van der Waals surface area contributed by atoms with Gasteiger partial charge in [-0.15, -0.1) is 0 Å². The maximum Gasteiger partial charge on any atom is 0.131 e. The summed E-state index contributed by atoms with van der Waals surface area (Å²) in [6.45, 7) is 7.35. The van der Waals surface area contributed by atoms with E-state index < -0.39 is 0 Å².